The van der Waals surface area contributed by atoms with Crippen LogP contribution < -0.4 is 26.0 Å². The van der Waals surface area contributed by atoms with E-state index >= 15 is 0 Å². The maximum atomic E-state index is 13.2. The number of rotatable bonds is 8. The lowest BCUT2D eigenvalue weighted by Gasteiger charge is -2.34. The Kier molecular flexibility index (Phi) is 7.30. The predicted octanol–water partition coefficient (Wildman–Crippen LogP) is 2.95. The van der Waals surface area contributed by atoms with E-state index in [0.717, 1.165) is 56.7 Å². The molecule has 1 amide bonds. The summed E-state index contributed by atoms with van der Waals surface area (Å²) in [5.41, 5.74) is 7.49. The number of nitrogens with one attached hydrogen (secondary N) is 2. The van der Waals surface area contributed by atoms with Gasteiger partial charge in [0.15, 0.2) is 5.75 Å². The number of aromatic nitrogens is 2. The van der Waals surface area contributed by atoms with Crippen molar-refractivity contribution >= 4 is 29.0 Å². The first kappa shape index (κ1) is 23.9. The summed E-state index contributed by atoms with van der Waals surface area (Å²) in [6.45, 7) is 2.30. The van der Waals surface area contributed by atoms with Crippen molar-refractivity contribution in [3.63, 3.8) is 0 Å². The second-order valence-corrected chi connectivity index (χ2v) is 8.89. The van der Waals surface area contributed by atoms with Crippen LogP contribution in [-0.4, -0.2) is 66.7 Å². The van der Waals surface area contributed by atoms with Gasteiger partial charge in [0.2, 0.25) is 11.9 Å². The van der Waals surface area contributed by atoms with Crippen molar-refractivity contribution in [2.45, 2.75) is 38.8 Å². The zero-order valence-corrected chi connectivity index (χ0v) is 19.4. The molecule has 34 heavy (non-hydrogen) atoms. The molecule has 9 nitrogen and oxygen atoms in total. The van der Waals surface area contributed by atoms with Crippen LogP contribution in [0.2, 0.25) is 0 Å². The van der Waals surface area contributed by atoms with Crippen LogP contribution in [0, 0.1) is 12.8 Å². The normalized spacial score (nSPS) is 21.0. The molecular weight excluding hydrogens is 444 g/mol. The topological polar surface area (TPSA) is 109 Å². The highest BCUT2D eigenvalue weighted by Gasteiger charge is 2.32. The molecule has 11 heteroatoms. The largest absolute Gasteiger partial charge is 0.433 e. The van der Waals surface area contributed by atoms with E-state index in [-0.39, 0.29) is 29.6 Å². The molecule has 2 aromatic rings. The molecule has 0 spiro atoms. The number of piperazine rings is 1. The zero-order chi connectivity index (χ0) is 24.2. The quantitative estimate of drug-likeness (QED) is 0.535. The Balaban J connectivity index is 1.54. The number of nitrogens with two attached hydrogens (primary N) is 1. The summed E-state index contributed by atoms with van der Waals surface area (Å²) in [5, 5.41) is 6.32. The molecule has 4 N–H and O–H groups in total. The first-order chi connectivity index (χ1) is 16.3. The summed E-state index contributed by atoms with van der Waals surface area (Å²) in [5.74, 6) is 0.247. The number of carbonyl (C=O) groups excluding carboxylic acids is 1. The molecule has 1 saturated heterocycles. The van der Waals surface area contributed by atoms with Gasteiger partial charge < -0.3 is 30.9 Å². The highest BCUT2D eigenvalue weighted by Crippen LogP contribution is 2.34. The maximum Gasteiger partial charge on any atom is 0.387 e. The number of amides is 1. The number of primary amides is 1. The molecular formula is C23H31F2N7O2. The Bertz CT molecular complexity index is 1010. The summed E-state index contributed by atoms with van der Waals surface area (Å²) in [6, 6.07) is 5.08. The van der Waals surface area contributed by atoms with Crippen molar-refractivity contribution in [1.82, 2.24) is 14.9 Å². The van der Waals surface area contributed by atoms with Gasteiger partial charge in [0, 0.05) is 55.7 Å². The van der Waals surface area contributed by atoms with Crippen LogP contribution in [0.4, 0.5) is 31.9 Å². The SMILES string of the molecule is Cc1cnc(Nc2ccc(N3CCN(C)CC3)cc2OC(F)F)nc1N[C@@H]1CCC[C@@H]1C(N)=O. The minimum Gasteiger partial charge on any atom is -0.433 e. The molecule has 184 valence electrons. The van der Waals surface area contributed by atoms with Gasteiger partial charge in [-0.25, -0.2) is 4.98 Å². The number of alkyl halides is 2. The smallest absolute Gasteiger partial charge is 0.387 e. The second kappa shape index (κ2) is 10.4. The van der Waals surface area contributed by atoms with Gasteiger partial charge in [0.25, 0.3) is 0 Å². The van der Waals surface area contributed by atoms with Crippen LogP contribution in [0.1, 0.15) is 24.8 Å². The Hall–Kier alpha value is -3.21. The minimum atomic E-state index is -2.97. The first-order valence-electron chi connectivity index (χ1n) is 11.5. The molecule has 1 aromatic carbocycles. The molecule has 4 rings (SSSR count). The van der Waals surface area contributed by atoms with Crippen molar-refractivity contribution in [2.75, 3.05) is 48.8 Å². The van der Waals surface area contributed by atoms with E-state index in [1.807, 2.05) is 13.0 Å². The first-order valence-corrected chi connectivity index (χ1v) is 11.5. The fourth-order valence-electron chi connectivity index (χ4n) is 4.49. The summed E-state index contributed by atoms with van der Waals surface area (Å²) < 4.78 is 31.1. The number of halogens is 2. The number of benzene rings is 1. The molecule has 0 bridgehead atoms. The van der Waals surface area contributed by atoms with Crippen LogP contribution >= 0.6 is 0 Å². The molecule has 0 unspecified atom stereocenters. The van der Waals surface area contributed by atoms with E-state index in [1.165, 1.54) is 0 Å². The Labute approximate surface area is 197 Å². The number of hydrogen-bond acceptors (Lipinski definition) is 8. The van der Waals surface area contributed by atoms with Gasteiger partial charge in [0.05, 0.1) is 11.6 Å². The third-order valence-electron chi connectivity index (χ3n) is 6.47. The average Bonchev–Trinajstić information content (AvgIpc) is 3.26. The number of ether oxygens (including phenoxy) is 1. The van der Waals surface area contributed by atoms with Gasteiger partial charge in [-0.1, -0.05) is 6.42 Å². The van der Waals surface area contributed by atoms with Crippen LogP contribution in [0.25, 0.3) is 0 Å². The molecule has 1 saturated carbocycles. The lowest BCUT2D eigenvalue weighted by molar-refractivity contribution is -0.121. The zero-order valence-electron chi connectivity index (χ0n) is 19.4. The second-order valence-electron chi connectivity index (χ2n) is 8.89. The van der Waals surface area contributed by atoms with Crippen LogP contribution in [0.15, 0.2) is 24.4 Å². The Morgan fingerprint density at radius 2 is 2.00 bits per heavy atom. The molecule has 0 radical (unpaired) electrons. The average molecular weight is 476 g/mol. The van der Waals surface area contributed by atoms with E-state index in [2.05, 4.69) is 37.4 Å². The monoisotopic (exact) mass is 475 g/mol. The number of carbonyl (C=O) groups is 1. The van der Waals surface area contributed by atoms with E-state index in [1.54, 1.807) is 18.3 Å². The van der Waals surface area contributed by atoms with Crippen LogP contribution in [0.3, 0.4) is 0 Å². The standard InChI is InChI=1S/C23H31F2N7O2/c1-14-13-27-23(30-21(14)28-17-5-3-4-16(17)20(26)33)29-18-7-6-15(12-19(18)34-22(24)25)32-10-8-31(2)9-11-32/h6-7,12-13,16-17,22H,3-5,8-11H2,1-2H3,(H2,26,33)(H2,27,28,29,30)/t16-,17+/m0/s1. The predicted molar refractivity (Wildman–Crippen MR) is 127 cm³/mol. The summed E-state index contributed by atoms with van der Waals surface area (Å²) in [7, 11) is 2.06. The van der Waals surface area contributed by atoms with Gasteiger partial charge >= 0.3 is 6.61 Å². The lowest BCUT2D eigenvalue weighted by Crippen LogP contribution is -2.44. The van der Waals surface area contributed by atoms with Gasteiger partial charge in [-0.05, 0) is 38.9 Å². The molecule has 1 aliphatic carbocycles. The molecule has 1 aliphatic heterocycles. The Morgan fingerprint density at radius 3 is 2.71 bits per heavy atom. The van der Waals surface area contributed by atoms with E-state index in [9.17, 15) is 13.6 Å². The molecule has 2 fully saturated rings. The fourth-order valence-corrected chi connectivity index (χ4v) is 4.49. The van der Waals surface area contributed by atoms with E-state index < -0.39 is 6.61 Å². The molecule has 2 aliphatic rings. The van der Waals surface area contributed by atoms with Crippen LogP contribution in [-0.2, 0) is 4.79 Å². The minimum absolute atomic E-state index is 0.0229. The van der Waals surface area contributed by atoms with E-state index in [0.29, 0.717) is 11.5 Å². The number of likely N-dealkylation sites (N-methyl/N-ethyl adjacent to an activating group) is 1. The summed E-state index contributed by atoms with van der Waals surface area (Å²) in [4.78, 5) is 24.9. The highest BCUT2D eigenvalue weighted by molar-refractivity contribution is 5.78. The third-order valence-corrected chi connectivity index (χ3v) is 6.47. The molecule has 1 aromatic heterocycles. The summed E-state index contributed by atoms with van der Waals surface area (Å²) in [6.07, 6.45) is 4.11. The molecule has 2 atom stereocenters. The van der Waals surface area contributed by atoms with Crippen molar-refractivity contribution in [3.05, 3.63) is 30.0 Å². The van der Waals surface area contributed by atoms with Crippen molar-refractivity contribution in [2.24, 2.45) is 11.7 Å². The van der Waals surface area contributed by atoms with Gasteiger partial charge in [-0.2, -0.15) is 13.8 Å². The molecule has 2 heterocycles. The lowest BCUT2D eigenvalue weighted by atomic mass is 10.0. The van der Waals surface area contributed by atoms with Crippen LogP contribution in [0.5, 0.6) is 5.75 Å². The maximum absolute atomic E-state index is 13.2. The number of anilines is 4. The number of nitrogens with zero attached hydrogens (tertiary/aromatic N) is 4. The van der Waals surface area contributed by atoms with Crippen molar-refractivity contribution in [1.29, 1.82) is 0 Å². The third kappa shape index (κ3) is 5.64. The highest BCUT2D eigenvalue weighted by atomic mass is 19.3. The summed E-state index contributed by atoms with van der Waals surface area (Å²) >= 11 is 0. The van der Waals surface area contributed by atoms with Crippen molar-refractivity contribution in [3.8, 4) is 5.75 Å². The Morgan fingerprint density at radius 1 is 1.24 bits per heavy atom. The van der Waals surface area contributed by atoms with Gasteiger partial charge in [-0.3, -0.25) is 4.79 Å². The number of hydrogen-bond donors (Lipinski definition) is 3. The van der Waals surface area contributed by atoms with Crippen molar-refractivity contribution < 1.29 is 18.3 Å². The van der Waals surface area contributed by atoms with E-state index in [4.69, 9.17) is 10.5 Å². The fraction of sp³-hybridized carbons (Fsp3) is 0.522. The van der Waals surface area contributed by atoms with Gasteiger partial charge in [-0.15, -0.1) is 0 Å². The van der Waals surface area contributed by atoms with Gasteiger partial charge in [0.1, 0.15) is 5.82 Å². The number of aryl methyl sites for hydroxylation is 1.